The molecule has 3 aliphatic rings. The minimum atomic E-state index is 0.310. The predicted molar refractivity (Wildman–Crippen MR) is 123 cm³/mol. The summed E-state index contributed by atoms with van der Waals surface area (Å²) in [5.74, 6) is 3.68. The molecular weight excluding hydrogens is 384 g/mol. The number of likely N-dealkylation sites (tertiary alicyclic amines) is 1. The van der Waals surface area contributed by atoms with Gasteiger partial charge in [-0.1, -0.05) is 12.8 Å². The second-order valence-electron chi connectivity index (χ2n) is 8.60. The van der Waals surface area contributed by atoms with Gasteiger partial charge >= 0.3 is 0 Å². The standard InChI is InChI=1S/C22H42N4O2S/c1-3-23-21(25-11-7-20(8-12-25)28-16-6-15-27-2)24-19-22(9-4-5-10-22)26-13-17-29-18-14-26/h20H,3-19H2,1-2H3,(H,23,24). The summed E-state index contributed by atoms with van der Waals surface area (Å²) in [7, 11) is 1.75. The van der Waals surface area contributed by atoms with Gasteiger partial charge in [0, 0.05) is 70.1 Å². The van der Waals surface area contributed by atoms with Crippen LogP contribution in [0.2, 0.25) is 0 Å². The number of nitrogens with one attached hydrogen (secondary N) is 1. The molecule has 1 N–H and O–H groups in total. The Labute approximate surface area is 182 Å². The molecule has 3 fully saturated rings. The molecule has 2 aliphatic heterocycles. The molecule has 1 aliphatic carbocycles. The number of thioether (sulfide) groups is 1. The summed E-state index contributed by atoms with van der Waals surface area (Å²) >= 11 is 2.10. The highest BCUT2D eigenvalue weighted by Gasteiger charge is 2.40. The maximum absolute atomic E-state index is 6.03. The minimum Gasteiger partial charge on any atom is -0.385 e. The molecule has 6 nitrogen and oxygen atoms in total. The van der Waals surface area contributed by atoms with Gasteiger partial charge in [-0.05, 0) is 39.0 Å². The van der Waals surface area contributed by atoms with Crippen LogP contribution in [0.3, 0.4) is 0 Å². The van der Waals surface area contributed by atoms with Crippen molar-refractivity contribution in [1.82, 2.24) is 15.1 Å². The first kappa shape index (κ1) is 23.2. The van der Waals surface area contributed by atoms with E-state index in [9.17, 15) is 0 Å². The Bertz CT molecular complexity index is 485. The number of hydrogen-bond donors (Lipinski definition) is 1. The molecule has 3 rings (SSSR count). The third-order valence-electron chi connectivity index (χ3n) is 6.66. The Hall–Kier alpha value is -0.500. The van der Waals surface area contributed by atoms with Crippen molar-refractivity contribution in [2.24, 2.45) is 4.99 Å². The first-order valence-corrected chi connectivity index (χ1v) is 12.9. The zero-order valence-electron chi connectivity index (χ0n) is 18.7. The fourth-order valence-corrected chi connectivity index (χ4v) is 5.88. The molecule has 0 unspecified atom stereocenters. The number of methoxy groups -OCH3 is 1. The van der Waals surface area contributed by atoms with Gasteiger partial charge in [-0.2, -0.15) is 11.8 Å². The SMILES string of the molecule is CCNC(=NCC1(N2CCSCC2)CCCC1)N1CCC(OCCCOC)CC1. The van der Waals surface area contributed by atoms with Crippen molar-refractivity contribution in [2.45, 2.75) is 63.5 Å². The molecule has 0 amide bonds. The van der Waals surface area contributed by atoms with E-state index in [4.69, 9.17) is 14.5 Å². The van der Waals surface area contributed by atoms with Crippen LogP contribution in [0.25, 0.3) is 0 Å². The summed E-state index contributed by atoms with van der Waals surface area (Å²) in [5.41, 5.74) is 0.310. The molecule has 168 valence electrons. The predicted octanol–water partition coefficient (Wildman–Crippen LogP) is 2.83. The smallest absolute Gasteiger partial charge is 0.193 e. The summed E-state index contributed by atoms with van der Waals surface area (Å²) < 4.78 is 11.1. The second kappa shape index (κ2) is 12.4. The number of piperidine rings is 1. The average molecular weight is 427 g/mol. The van der Waals surface area contributed by atoms with Gasteiger partial charge in [0.1, 0.15) is 0 Å². The second-order valence-corrected chi connectivity index (χ2v) is 9.83. The van der Waals surface area contributed by atoms with Gasteiger partial charge in [-0.15, -0.1) is 0 Å². The van der Waals surface area contributed by atoms with Crippen molar-refractivity contribution in [3.8, 4) is 0 Å². The molecule has 0 aromatic rings. The van der Waals surface area contributed by atoms with E-state index in [0.29, 0.717) is 11.6 Å². The first-order chi connectivity index (χ1) is 14.3. The Morgan fingerprint density at radius 2 is 1.83 bits per heavy atom. The number of ether oxygens (including phenoxy) is 2. The molecule has 7 heteroatoms. The molecule has 2 heterocycles. The van der Waals surface area contributed by atoms with E-state index in [1.165, 1.54) is 50.3 Å². The van der Waals surface area contributed by atoms with Crippen molar-refractivity contribution in [1.29, 1.82) is 0 Å². The lowest BCUT2D eigenvalue weighted by molar-refractivity contribution is 0.00983. The number of aliphatic imine (C=N–C) groups is 1. The number of guanidine groups is 1. The Balaban J connectivity index is 1.54. The van der Waals surface area contributed by atoms with Crippen molar-refractivity contribution >= 4 is 17.7 Å². The van der Waals surface area contributed by atoms with Gasteiger partial charge < -0.3 is 19.7 Å². The zero-order valence-corrected chi connectivity index (χ0v) is 19.5. The number of nitrogens with zero attached hydrogens (tertiary/aromatic N) is 3. The maximum Gasteiger partial charge on any atom is 0.193 e. The van der Waals surface area contributed by atoms with Crippen LogP contribution >= 0.6 is 11.8 Å². The van der Waals surface area contributed by atoms with Crippen LogP contribution in [0.4, 0.5) is 0 Å². The normalized spacial score (nSPS) is 24.2. The molecule has 0 radical (unpaired) electrons. The van der Waals surface area contributed by atoms with Crippen LogP contribution in [-0.2, 0) is 9.47 Å². The maximum atomic E-state index is 6.03. The fourth-order valence-electron chi connectivity index (χ4n) is 4.98. The molecule has 0 aromatic heterocycles. The molecule has 0 atom stereocenters. The van der Waals surface area contributed by atoms with Crippen LogP contribution in [0, 0.1) is 0 Å². The van der Waals surface area contributed by atoms with E-state index in [2.05, 4.69) is 33.8 Å². The average Bonchev–Trinajstić information content (AvgIpc) is 3.26. The number of hydrogen-bond acceptors (Lipinski definition) is 5. The van der Waals surface area contributed by atoms with Crippen molar-refractivity contribution in [2.75, 3.05) is 71.1 Å². The lowest BCUT2D eigenvalue weighted by Gasteiger charge is -2.43. The summed E-state index contributed by atoms with van der Waals surface area (Å²) in [5, 5.41) is 3.57. The quantitative estimate of drug-likeness (QED) is 0.348. The van der Waals surface area contributed by atoms with Crippen LogP contribution in [0.5, 0.6) is 0 Å². The van der Waals surface area contributed by atoms with Crippen LogP contribution in [-0.4, -0.2) is 98.5 Å². The van der Waals surface area contributed by atoms with Crippen molar-refractivity contribution in [3.05, 3.63) is 0 Å². The molecule has 2 saturated heterocycles. The highest BCUT2D eigenvalue weighted by Crippen LogP contribution is 2.37. The zero-order chi connectivity index (χ0) is 20.4. The molecular formula is C22H42N4O2S. The highest BCUT2D eigenvalue weighted by molar-refractivity contribution is 7.99. The minimum absolute atomic E-state index is 0.310. The van der Waals surface area contributed by atoms with Crippen molar-refractivity contribution in [3.63, 3.8) is 0 Å². The largest absolute Gasteiger partial charge is 0.385 e. The van der Waals surface area contributed by atoms with Gasteiger partial charge in [0.25, 0.3) is 0 Å². The molecule has 0 spiro atoms. The lowest BCUT2D eigenvalue weighted by atomic mass is 9.95. The molecule has 0 bridgehead atoms. The Morgan fingerprint density at radius 1 is 1.10 bits per heavy atom. The van der Waals surface area contributed by atoms with E-state index in [1.54, 1.807) is 7.11 Å². The Morgan fingerprint density at radius 3 is 2.48 bits per heavy atom. The van der Waals surface area contributed by atoms with E-state index in [0.717, 1.165) is 64.6 Å². The van der Waals surface area contributed by atoms with Gasteiger partial charge in [-0.3, -0.25) is 9.89 Å². The third kappa shape index (κ3) is 6.74. The van der Waals surface area contributed by atoms with E-state index < -0.39 is 0 Å². The van der Waals surface area contributed by atoms with E-state index >= 15 is 0 Å². The molecule has 1 saturated carbocycles. The summed E-state index contributed by atoms with van der Waals surface area (Å²) in [6.45, 7) is 10.2. The third-order valence-corrected chi connectivity index (χ3v) is 7.60. The lowest BCUT2D eigenvalue weighted by Crippen LogP contribution is -2.53. The monoisotopic (exact) mass is 426 g/mol. The van der Waals surface area contributed by atoms with Crippen LogP contribution in [0.15, 0.2) is 4.99 Å². The molecule has 0 aromatic carbocycles. The topological polar surface area (TPSA) is 49.3 Å². The fraction of sp³-hybridized carbons (Fsp3) is 0.955. The van der Waals surface area contributed by atoms with Gasteiger partial charge in [-0.25, -0.2) is 0 Å². The first-order valence-electron chi connectivity index (χ1n) is 11.7. The van der Waals surface area contributed by atoms with Crippen LogP contribution < -0.4 is 5.32 Å². The van der Waals surface area contributed by atoms with Crippen LogP contribution in [0.1, 0.15) is 51.9 Å². The highest BCUT2D eigenvalue weighted by atomic mass is 32.2. The van der Waals surface area contributed by atoms with Gasteiger partial charge in [0.05, 0.1) is 12.6 Å². The molecule has 29 heavy (non-hydrogen) atoms. The summed E-state index contributed by atoms with van der Waals surface area (Å²) in [4.78, 5) is 10.4. The van der Waals surface area contributed by atoms with E-state index in [-0.39, 0.29) is 0 Å². The summed E-state index contributed by atoms with van der Waals surface area (Å²) in [6.07, 6.45) is 8.91. The summed E-state index contributed by atoms with van der Waals surface area (Å²) in [6, 6.07) is 0. The number of rotatable bonds is 9. The van der Waals surface area contributed by atoms with Crippen molar-refractivity contribution < 1.29 is 9.47 Å². The van der Waals surface area contributed by atoms with Gasteiger partial charge in [0.2, 0.25) is 0 Å². The van der Waals surface area contributed by atoms with Gasteiger partial charge in [0.15, 0.2) is 5.96 Å². The Kier molecular flexibility index (Phi) is 9.89. The van der Waals surface area contributed by atoms with E-state index in [1.807, 2.05) is 0 Å².